The Balaban J connectivity index is 1.84. The highest BCUT2D eigenvalue weighted by molar-refractivity contribution is 6.19. The van der Waals surface area contributed by atoms with Gasteiger partial charge in [-0.2, -0.15) is 0 Å². The van der Waals surface area contributed by atoms with Crippen LogP contribution in [-0.4, -0.2) is 29.3 Å². The minimum Gasteiger partial charge on any atom is -0.277 e. The number of nitrogens with one attached hydrogen (secondary N) is 1. The molecule has 1 spiro atoms. The molecule has 3 rings (SSSR count). The van der Waals surface area contributed by atoms with Crippen LogP contribution in [0, 0.1) is 10.8 Å². The van der Waals surface area contributed by atoms with E-state index in [-0.39, 0.29) is 17.2 Å². The molecule has 110 valence electrons. The summed E-state index contributed by atoms with van der Waals surface area (Å²) in [5.41, 5.74) is -0.861. The predicted molar refractivity (Wildman–Crippen MR) is 72.7 cm³/mol. The number of hydrogen-bond acceptors (Lipinski definition) is 3. The summed E-state index contributed by atoms with van der Waals surface area (Å²) >= 11 is 0. The molecule has 0 bridgehead atoms. The molecule has 2 saturated carbocycles. The van der Waals surface area contributed by atoms with E-state index in [1.54, 1.807) is 0 Å². The van der Waals surface area contributed by atoms with Crippen molar-refractivity contribution in [2.75, 3.05) is 6.54 Å². The van der Waals surface area contributed by atoms with Crippen molar-refractivity contribution in [2.24, 2.45) is 10.8 Å². The molecule has 1 saturated heterocycles. The van der Waals surface area contributed by atoms with Crippen LogP contribution in [0.2, 0.25) is 0 Å². The molecular formula is C15H22N2O3. The average Bonchev–Trinajstić information content (AvgIpc) is 2.86. The first-order valence-electron chi connectivity index (χ1n) is 7.70. The van der Waals surface area contributed by atoms with Crippen molar-refractivity contribution in [3.63, 3.8) is 0 Å². The Morgan fingerprint density at radius 2 is 1.70 bits per heavy atom. The van der Waals surface area contributed by atoms with E-state index in [4.69, 9.17) is 0 Å². The van der Waals surface area contributed by atoms with Gasteiger partial charge < -0.3 is 0 Å². The van der Waals surface area contributed by atoms with Gasteiger partial charge in [-0.3, -0.25) is 19.8 Å². The maximum Gasteiger partial charge on any atom is 0.330 e. The molecule has 1 aliphatic heterocycles. The maximum atomic E-state index is 12.7. The van der Waals surface area contributed by atoms with Crippen LogP contribution in [0.15, 0.2) is 0 Å². The van der Waals surface area contributed by atoms with Gasteiger partial charge in [-0.05, 0) is 37.5 Å². The van der Waals surface area contributed by atoms with Crippen LogP contribution in [-0.2, 0) is 9.59 Å². The van der Waals surface area contributed by atoms with E-state index in [2.05, 4.69) is 12.2 Å². The third kappa shape index (κ3) is 1.79. The fourth-order valence-electron chi connectivity index (χ4n) is 3.93. The number of nitrogens with zero attached hydrogens (tertiary/aromatic N) is 1. The lowest BCUT2D eigenvalue weighted by atomic mass is 9.66. The molecule has 0 radical (unpaired) electrons. The molecule has 0 unspecified atom stereocenters. The molecular weight excluding hydrogens is 256 g/mol. The summed E-state index contributed by atoms with van der Waals surface area (Å²) < 4.78 is 0. The molecule has 3 fully saturated rings. The van der Waals surface area contributed by atoms with Gasteiger partial charge in [-0.15, -0.1) is 0 Å². The summed E-state index contributed by atoms with van der Waals surface area (Å²) in [5, 5.41) is 2.41. The van der Waals surface area contributed by atoms with E-state index in [1.165, 1.54) is 11.3 Å². The van der Waals surface area contributed by atoms with Crippen molar-refractivity contribution >= 4 is 17.8 Å². The lowest BCUT2D eigenvalue weighted by Crippen LogP contribution is -2.65. The lowest BCUT2D eigenvalue weighted by Gasteiger charge is -2.46. The zero-order valence-electron chi connectivity index (χ0n) is 12.0. The van der Waals surface area contributed by atoms with Gasteiger partial charge in [-0.1, -0.05) is 26.2 Å². The van der Waals surface area contributed by atoms with Crippen LogP contribution in [0.4, 0.5) is 4.79 Å². The maximum absolute atomic E-state index is 12.7. The molecule has 20 heavy (non-hydrogen) atoms. The topological polar surface area (TPSA) is 66.5 Å². The number of urea groups is 1. The van der Waals surface area contributed by atoms with E-state index in [0.717, 1.165) is 32.1 Å². The summed E-state index contributed by atoms with van der Waals surface area (Å²) in [6, 6.07) is -0.516. The Morgan fingerprint density at radius 1 is 1.05 bits per heavy atom. The second kappa shape index (κ2) is 4.57. The molecule has 1 heterocycles. The first kappa shape index (κ1) is 13.6. The standard InChI is InChI=1S/C15H22N2O3/c1-2-14(6-5-7-14)10-17-12(19)15(8-3-4-9-15)11(18)16-13(17)20/h2-10H2,1H3,(H,16,18,20). The monoisotopic (exact) mass is 278 g/mol. The smallest absolute Gasteiger partial charge is 0.277 e. The third-order valence-corrected chi connectivity index (χ3v) is 5.67. The fourth-order valence-corrected chi connectivity index (χ4v) is 3.93. The molecule has 4 amide bonds. The minimum absolute atomic E-state index is 0.0905. The van der Waals surface area contributed by atoms with Gasteiger partial charge in [0.05, 0.1) is 0 Å². The molecule has 3 aliphatic rings. The number of hydrogen-bond donors (Lipinski definition) is 1. The molecule has 0 aromatic heterocycles. The highest BCUT2D eigenvalue weighted by Gasteiger charge is 2.56. The molecule has 0 atom stereocenters. The zero-order valence-corrected chi connectivity index (χ0v) is 12.0. The summed E-state index contributed by atoms with van der Waals surface area (Å²) in [6.45, 7) is 2.59. The number of imide groups is 2. The van der Waals surface area contributed by atoms with Gasteiger partial charge in [0.2, 0.25) is 11.8 Å². The summed E-state index contributed by atoms with van der Waals surface area (Å²) in [5.74, 6) is -0.621. The average molecular weight is 278 g/mol. The first-order valence-corrected chi connectivity index (χ1v) is 7.70. The summed E-state index contributed by atoms with van der Waals surface area (Å²) in [6.07, 6.45) is 7.23. The number of rotatable bonds is 3. The minimum atomic E-state index is -0.952. The van der Waals surface area contributed by atoms with Gasteiger partial charge in [0, 0.05) is 6.54 Å². The predicted octanol–water partition coefficient (Wildman–Crippen LogP) is 2.21. The SMILES string of the molecule is CCC1(CN2C(=O)NC(=O)C3(CCCC3)C2=O)CCC1. The fraction of sp³-hybridized carbons (Fsp3) is 0.800. The van der Waals surface area contributed by atoms with Gasteiger partial charge in [0.25, 0.3) is 0 Å². The number of carbonyl (C=O) groups excluding carboxylic acids is 3. The van der Waals surface area contributed by atoms with Crippen LogP contribution in [0.5, 0.6) is 0 Å². The Kier molecular flexibility index (Phi) is 3.10. The zero-order chi connectivity index (χ0) is 14.4. The number of amides is 4. The Hall–Kier alpha value is -1.39. The Bertz CT molecular complexity index is 456. The van der Waals surface area contributed by atoms with Gasteiger partial charge >= 0.3 is 6.03 Å². The molecule has 5 nitrogen and oxygen atoms in total. The first-order chi connectivity index (χ1) is 9.53. The van der Waals surface area contributed by atoms with E-state index in [9.17, 15) is 14.4 Å². The molecule has 0 aromatic carbocycles. The van der Waals surface area contributed by atoms with Crippen LogP contribution in [0.3, 0.4) is 0 Å². The lowest BCUT2D eigenvalue weighted by molar-refractivity contribution is -0.152. The molecule has 1 N–H and O–H groups in total. The number of carbonyl (C=O) groups is 3. The van der Waals surface area contributed by atoms with E-state index < -0.39 is 11.4 Å². The van der Waals surface area contributed by atoms with E-state index in [1.807, 2.05) is 0 Å². The second-order valence-electron chi connectivity index (χ2n) is 6.65. The van der Waals surface area contributed by atoms with E-state index >= 15 is 0 Å². The van der Waals surface area contributed by atoms with Crippen LogP contribution in [0.25, 0.3) is 0 Å². The van der Waals surface area contributed by atoms with Crippen molar-refractivity contribution < 1.29 is 14.4 Å². The summed E-state index contributed by atoms with van der Waals surface area (Å²) in [7, 11) is 0. The van der Waals surface area contributed by atoms with Gasteiger partial charge in [-0.25, -0.2) is 4.79 Å². The second-order valence-corrected chi connectivity index (χ2v) is 6.65. The van der Waals surface area contributed by atoms with Crippen LogP contribution >= 0.6 is 0 Å². The van der Waals surface area contributed by atoms with Crippen LogP contribution in [0.1, 0.15) is 58.3 Å². The third-order valence-electron chi connectivity index (χ3n) is 5.67. The van der Waals surface area contributed by atoms with Crippen molar-refractivity contribution in [1.82, 2.24) is 10.2 Å². The van der Waals surface area contributed by atoms with Crippen molar-refractivity contribution in [1.29, 1.82) is 0 Å². The number of barbiturate groups is 1. The highest BCUT2D eigenvalue weighted by atomic mass is 16.2. The van der Waals surface area contributed by atoms with E-state index in [0.29, 0.717) is 19.4 Å². The largest absolute Gasteiger partial charge is 0.330 e. The Labute approximate surface area is 119 Å². The van der Waals surface area contributed by atoms with Crippen molar-refractivity contribution in [2.45, 2.75) is 58.3 Å². The van der Waals surface area contributed by atoms with Gasteiger partial charge in [0.1, 0.15) is 5.41 Å². The van der Waals surface area contributed by atoms with Crippen LogP contribution < -0.4 is 5.32 Å². The molecule has 0 aromatic rings. The molecule has 5 heteroatoms. The van der Waals surface area contributed by atoms with Crippen molar-refractivity contribution in [3.8, 4) is 0 Å². The van der Waals surface area contributed by atoms with Crippen molar-refractivity contribution in [3.05, 3.63) is 0 Å². The van der Waals surface area contributed by atoms with Gasteiger partial charge in [0.15, 0.2) is 0 Å². The molecule has 2 aliphatic carbocycles. The Morgan fingerprint density at radius 3 is 2.20 bits per heavy atom. The summed E-state index contributed by atoms with van der Waals surface area (Å²) in [4.78, 5) is 38.3. The normalized spacial score (nSPS) is 27.6. The quantitative estimate of drug-likeness (QED) is 0.805. The highest BCUT2D eigenvalue weighted by Crippen LogP contribution is 2.47.